The van der Waals surface area contributed by atoms with Crippen LogP contribution in [-0.4, -0.2) is 12.5 Å². The molecule has 2 N–H and O–H groups in total. The number of hydrogen-bond acceptors (Lipinski definition) is 4. The van der Waals surface area contributed by atoms with Crippen LogP contribution in [0.2, 0.25) is 0 Å². The highest BCUT2D eigenvalue weighted by molar-refractivity contribution is 6.02. The summed E-state index contributed by atoms with van der Waals surface area (Å²) in [4.78, 5) is 25.6. The summed E-state index contributed by atoms with van der Waals surface area (Å²) in [5.74, 6) is 2.37. The minimum absolute atomic E-state index is 0.0521. The molecule has 0 aliphatic heterocycles. The fraction of sp³-hybridized carbons (Fsp3) is 0.565. The van der Waals surface area contributed by atoms with Crippen LogP contribution in [0, 0.1) is 23.2 Å². The number of amides is 1. The van der Waals surface area contributed by atoms with Crippen molar-refractivity contribution in [2.24, 2.45) is 23.2 Å². The smallest absolute Gasteiger partial charge is 0.362 e. The first-order valence-electron chi connectivity index (χ1n) is 10.6. The van der Waals surface area contributed by atoms with Crippen molar-refractivity contribution in [1.29, 1.82) is 0 Å². The van der Waals surface area contributed by atoms with Gasteiger partial charge in [0.15, 0.2) is 5.69 Å². The number of para-hydroxylation sites is 1. The predicted molar refractivity (Wildman–Crippen MR) is 110 cm³/mol. The molecular weight excluding hydrogens is 352 g/mol. The Labute approximate surface area is 164 Å². The molecule has 0 unspecified atom stereocenters. The van der Waals surface area contributed by atoms with Crippen LogP contribution in [-0.2, 0) is 4.79 Å². The second kappa shape index (κ2) is 6.64. The zero-order valence-corrected chi connectivity index (χ0v) is 16.4. The molecule has 28 heavy (non-hydrogen) atoms. The lowest BCUT2D eigenvalue weighted by Crippen LogP contribution is -2.47. The summed E-state index contributed by atoms with van der Waals surface area (Å²) < 4.78 is 5.46. The first-order valence-corrected chi connectivity index (χ1v) is 10.6. The van der Waals surface area contributed by atoms with Crippen LogP contribution in [0.1, 0.15) is 51.9 Å². The number of carbonyl (C=O) groups excluding carboxylic acids is 1. The van der Waals surface area contributed by atoms with E-state index in [1.54, 1.807) is 6.07 Å². The van der Waals surface area contributed by atoms with Crippen molar-refractivity contribution in [3.63, 3.8) is 0 Å². The lowest BCUT2D eigenvalue weighted by Gasteiger charge is -2.56. The fourth-order valence-corrected chi connectivity index (χ4v) is 6.65. The van der Waals surface area contributed by atoms with E-state index >= 15 is 0 Å². The van der Waals surface area contributed by atoms with Crippen LogP contribution in [0.25, 0.3) is 11.0 Å². The number of carbonyl (C=O) groups is 1. The minimum atomic E-state index is -0.492. The molecule has 0 radical (unpaired) electrons. The van der Waals surface area contributed by atoms with E-state index in [4.69, 9.17) is 4.42 Å². The molecular formula is C23H28N2O3. The van der Waals surface area contributed by atoms with Crippen LogP contribution >= 0.6 is 0 Å². The normalized spacial score (nSPS) is 30.5. The maximum absolute atomic E-state index is 13.0. The Morgan fingerprint density at radius 3 is 2.36 bits per heavy atom. The number of benzene rings is 1. The van der Waals surface area contributed by atoms with Crippen molar-refractivity contribution in [2.45, 2.75) is 51.9 Å². The monoisotopic (exact) mass is 380 g/mol. The molecule has 1 amide bonds. The van der Waals surface area contributed by atoms with E-state index in [9.17, 15) is 9.59 Å². The summed E-state index contributed by atoms with van der Waals surface area (Å²) in [6.45, 7) is 2.63. The summed E-state index contributed by atoms with van der Waals surface area (Å²) in [5, 5.41) is 6.99. The summed E-state index contributed by atoms with van der Waals surface area (Å²) >= 11 is 0. The van der Waals surface area contributed by atoms with E-state index in [1.165, 1.54) is 38.5 Å². The number of fused-ring (bicyclic) bond motifs is 1. The first kappa shape index (κ1) is 17.8. The molecule has 4 bridgehead atoms. The van der Waals surface area contributed by atoms with Gasteiger partial charge in [-0.2, -0.15) is 0 Å². The third-order valence-corrected chi connectivity index (χ3v) is 7.13. The predicted octanol–water partition coefficient (Wildman–Crippen LogP) is 4.77. The molecule has 2 aromatic rings. The Morgan fingerprint density at radius 2 is 1.71 bits per heavy atom. The Hall–Kier alpha value is -2.30. The lowest BCUT2D eigenvalue weighted by molar-refractivity contribution is -0.124. The molecule has 5 nitrogen and oxygen atoms in total. The highest BCUT2D eigenvalue weighted by Gasteiger charge is 2.51. The van der Waals surface area contributed by atoms with Crippen molar-refractivity contribution in [1.82, 2.24) is 0 Å². The standard InChI is InChI=1S/C23H28N2O3/c1-2-24-20-17-5-3-4-6-18(17)28-22(27)21(20)25-19(26)13-23-10-14-7-15(11-23)9-16(8-14)12-23/h3-6,14-16,24H,2,7-13H2,1H3,(H,25,26). The molecule has 0 saturated heterocycles. The topological polar surface area (TPSA) is 71.3 Å². The third-order valence-electron chi connectivity index (χ3n) is 7.13. The van der Waals surface area contributed by atoms with Crippen LogP contribution < -0.4 is 16.3 Å². The Morgan fingerprint density at radius 1 is 1.07 bits per heavy atom. The van der Waals surface area contributed by atoms with Gasteiger partial charge in [0.1, 0.15) is 5.58 Å². The molecule has 0 spiro atoms. The van der Waals surface area contributed by atoms with E-state index in [0.29, 0.717) is 24.2 Å². The van der Waals surface area contributed by atoms with Gasteiger partial charge in [-0.3, -0.25) is 4.79 Å². The molecule has 6 rings (SSSR count). The maximum atomic E-state index is 13.0. The molecule has 1 aromatic heterocycles. The average Bonchev–Trinajstić information content (AvgIpc) is 2.63. The number of rotatable bonds is 5. The fourth-order valence-electron chi connectivity index (χ4n) is 6.65. The van der Waals surface area contributed by atoms with Gasteiger partial charge in [0.05, 0.1) is 5.69 Å². The Balaban J connectivity index is 1.42. The molecule has 4 saturated carbocycles. The van der Waals surface area contributed by atoms with Gasteiger partial charge in [0.25, 0.3) is 0 Å². The lowest BCUT2D eigenvalue weighted by atomic mass is 9.49. The van der Waals surface area contributed by atoms with Crippen LogP contribution in [0.3, 0.4) is 0 Å². The summed E-state index contributed by atoms with van der Waals surface area (Å²) in [5.41, 5.74) is 1.09. The molecule has 0 atom stereocenters. The molecule has 5 heteroatoms. The van der Waals surface area contributed by atoms with Crippen molar-refractivity contribution in [3.05, 3.63) is 34.7 Å². The van der Waals surface area contributed by atoms with Crippen molar-refractivity contribution < 1.29 is 9.21 Å². The number of nitrogens with one attached hydrogen (secondary N) is 2. The molecule has 4 fully saturated rings. The zero-order valence-electron chi connectivity index (χ0n) is 16.4. The van der Waals surface area contributed by atoms with E-state index < -0.39 is 5.63 Å². The van der Waals surface area contributed by atoms with Crippen molar-refractivity contribution in [3.8, 4) is 0 Å². The second-order valence-corrected chi connectivity index (χ2v) is 9.31. The third kappa shape index (κ3) is 3.01. The average molecular weight is 380 g/mol. The molecule has 1 aromatic carbocycles. The van der Waals surface area contributed by atoms with E-state index in [2.05, 4.69) is 10.6 Å². The van der Waals surface area contributed by atoms with Gasteiger partial charge < -0.3 is 15.1 Å². The van der Waals surface area contributed by atoms with Gasteiger partial charge in [-0.15, -0.1) is 0 Å². The summed E-state index contributed by atoms with van der Waals surface area (Å²) in [7, 11) is 0. The number of anilines is 2. The Kier molecular flexibility index (Phi) is 4.22. The quantitative estimate of drug-likeness (QED) is 0.733. The molecule has 4 aliphatic carbocycles. The zero-order chi connectivity index (χ0) is 19.3. The van der Waals surface area contributed by atoms with Gasteiger partial charge >= 0.3 is 5.63 Å². The second-order valence-electron chi connectivity index (χ2n) is 9.31. The van der Waals surface area contributed by atoms with E-state index in [0.717, 1.165) is 23.1 Å². The first-order chi connectivity index (χ1) is 13.5. The van der Waals surface area contributed by atoms with Crippen molar-refractivity contribution >= 4 is 28.3 Å². The largest absolute Gasteiger partial charge is 0.421 e. The molecule has 4 aliphatic rings. The molecule has 148 valence electrons. The highest BCUT2D eigenvalue weighted by atomic mass is 16.4. The van der Waals surface area contributed by atoms with E-state index in [-0.39, 0.29) is 17.0 Å². The van der Waals surface area contributed by atoms with E-state index in [1.807, 2.05) is 25.1 Å². The van der Waals surface area contributed by atoms with Crippen LogP contribution in [0.4, 0.5) is 11.4 Å². The SMILES string of the molecule is CCNc1c(NC(=O)CC23CC4CC(CC(C4)C2)C3)c(=O)oc2ccccc12. The maximum Gasteiger partial charge on any atom is 0.362 e. The van der Waals surface area contributed by atoms with Crippen LogP contribution in [0.5, 0.6) is 0 Å². The van der Waals surface area contributed by atoms with Gasteiger partial charge in [0.2, 0.25) is 5.91 Å². The van der Waals surface area contributed by atoms with Gasteiger partial charge in [0, 0.05) is 18.4 Å². The van der Waals surface area contributed by atoms with Gasteiger partial charge in [-0.1, -0.05) is 12.1 Å². The van der Waals surface area contributed by atoms with Crippen molar-refractivity contribution in [2.75, 3.05) is 17.2 Å². The van der Waals surface area contributed by atoms with Crippen LogP contribution in [0.15, 0.2) is 33.5 Å². The minimum Gasteiger partial charge on any atom is -0.421 e. The number of hydrogen-bond donors (Lipinski definition) is 2. The summed E-state index contributed by atoms with van der Waals surface area (Å²) in [6.07, 6.45) is 8.14. The van der Waals surface area contributed by atoms with Gasteiger partial charge in [-0.25, -0.2) is 4.79 Å². The Bertz CT molecular complexity index is 942. The highest BCUT2D eigenvalue weighted by Crippen LogP contribution is 2.61. The summed E-state index contributed by atoms with van der Waals surface area (Å²) in [6, 6.07) is 7.43. The van der Waals surface area contributed by atoms with Gasteiger partial charge in [-0.05, 0) is 80.8 Å². The molecule has 1 heterocycles.